The van der Waals surface area contributed by atoms with Crippen LogP contribution in [0.4, 0.5) is 5.82 Å². The molecule has 5 nitrogen and oxygen atoms in total. The van der Waals surface area contributed by atoms with Gasteiger partial charge < -0.3 is 5.73 Å². The summed E-state index contributed by atoms with van der Waals surface area (Å²) >= 11 is 0. The van der Waals surface area contributed by atoms with E-state index < -0.39 is 0 Å². The van der Waals surface area contributed by atoms with Gasteiger partial charge in [-0.15, -0.1) is 0 Å². The zero-order valence-corrected chi connectivity index (χ0v) is 12.0. The number of imide groups is 1. The van der Waals surface area contributed by atoms with Crippen molar-refractivity contribution in [1.29, 1.82) is 0 Å². The Kier molecular flexibility index (Phi) is 4.45. The predicted octanol–water partition coefficient (Wildman–Crippen LogP) is 2.11. The minimum Gasteiger partial charge on any atom is -0.326 e. The van der Waals surface area contributed by atoms with Crippen LogP contribution in [0, 0.1) is 0 Å². The number of rotatable bonds is 3. The number of benzene rings is 1. The molecular formula is C16H17N3O2. The molecular weight excluding hydrogens is 266 g/mol. The third-order valence-corrected chi connectivity index (χ3v) is 3.13. The van der Waals surface area contributed by atoms with Gasteiger partial charge in [-0.3, -0.25) is 9.59 Å². The van der Waals surface area contributed by atoms with Crippen LogP contribution in [0.2, 0.25) is 0 Å². The molecule has 0 aliphatic rings. The minimum absolute atomic E-state index is 0.329. The molecule has 0 spiro atoms. The Labute approximate surface area is 123 Å². The number of carbonyl (C=O) groups is 2. The maximum Gasteiger partial charge on any atom is 0.231 e. The Hall–Kier alpha value is -2.53. The standard InChI is InChI=1S/C16H17N3O2/c1-11(20)19(12(2)21)16-9-15(7-8-18-16)14-5-3-13(10-17)4-6-14/h3-9H,10,17H2,1-2H3. The van der Waals surface area contributed by atoms with Gasteiger partial charge in [-0.2, -0.15) is 0 Å². The Bertz CT molecular complexity index is 651. The Balaban J connectivity index is 2.40. The van der Waals surface area contributed by atoms with E-state index in [1.807, 2.05) is 30.3 Å². The van der Waals surface area contributed by atoms with Crippen molar-refractivity contribution in [3.05, 3.63) is 48.2 Å². The van der Waals surface area contributed by atoms with Gasteiger partial charge in [0.2, 0.25) is 11.8 Å². The highest BCUT2D eigenvalue weighted by atomic mass is 16.2. The molecule has 0 unspecified atom stereocenters. The summed E-state index contributed by atoms with van der Waals surface area (Å²) in [6.45, 7) is 3.17. The van der Waals surface area contributed by atoms with Gasteiger partial charge in [0.25, 0.3) is 0 Å². The average Bonchev–Trinajstić information content (AvgIpc) is 2.47. The molecule has 2 N–H and O–H groups in total. The van der Waals surface area contributed by atoms with Gasteiger partial charge in [-0.05, 0) is 28.8 Å². The van der Waals surface area contributed by atoms with Crippen LogP contribution < -0.4 is 10.6 Å². The molecule has 0 aliphatic heterocycles. The van der Waals surface area contributed by atoms with Crippen LogP contribution in [0.5, 0.6) is 0 Å². The predicted molar refractivity (Wildman–Crippen MR) is 81.4 cm³/mol. The van der Waals surface area contributed by atoms with Gasteiger partial charge in [0.15, 0.2) is 0 Å². The van der Waals surface area contributed by atoms with Crippen molar-refractivity contribution >= 4 is 17.6 Å². The molecule has 0 bridgehead atoms. The summed E-state index contributed by atoms with van der Waals surface area (Å²) < 4.78 is 0. The van der Waals surface area contributed by atoms with Crippen molar-refractivity contribution in [2.24, 2.45) is 5.73 Å². The van der Waals surface area contributed by atoms with E-state index in [0.29, 0.717) is 12.4 Å². The highest BCUT2D eigenvalue weighted by Crippen LogP contribution is 2.23. The van der Waals surface area contributed by atoms with Crippen LogP contribution in [-0.2, 0) is 16.1 Å². The fourth-order valence-electron chi connectivity index (χ4n) is 2.10. The van der Waals surface area contributed by atoms with Crippen LogP contribution >= 0.6 is 0 Å². The molecule has 0 radical (unpaired) electrons. The Morgan fingerprint density at radius 2 is 1.67 bits per heavy atom. The van der Waals surface area contributed by atoms with Crippen molar-refractivity contribution in [3.8, 4) is 11.1 Å². The number of anilines is 1. The number of nitrogens with two attached hydrogens (primary N) is 1. The third-order valence-electron chi connectivity index (χ3n) is 3.13. The quantitative estimate of drug-likeness (QED) is 0.936. The second-order valence-electron chi connectivity index (χ2n) is 4.68. The first-order chi connectivity index (χ1) is 10.0. The van der Waals surface area contributed by atoms with Crippen molar-refractivity contribution in [3.63, 3.8) is 0 Å². The van der Waals surface area contributed by atoms with Crippen LogP contribution in [-0.4, -0.2) is 16.8 Å². The number of aromatic nitrogens is 1. The van der Waals surface area contributed by atoms with E-state index in [9.17, 15) is 9.59 Å². The van der Waals surface area contributed by atoms with Crippen LogP contribution in [0.1, 0.15) is 19.4 Å². The number of carbonyl (C=O) groups excluding carboxylic acids is 2. The number of hydrogen-bond acceptors (Lipinski definition) is 4. The highest BCUT2D eigenvalue weighted by molar-refractivity contribution is 6.12. The molecule has 0 atom stereocenters. The monoisotopic (exact) mass is 283 g/mol. The van der Waals surface area contributed by atoms with Crippen LogP contribution in [0.3, 0.4) is 0 Å². The molecule has 1 aromatic heterocycles. The van der Waals surface area contributed by atoms with Crippen molar-refractivity contribution < 1.29 is 9.59 Å². The smallest absolute Gasteiger partial charge is 0.231 e. The lowest BCUT2D eigenvalue weighted by atomic mass is 10.0. The molecule has 2 aromatic rings. The van der Waals surface area contributed by atoms with E-state index >= 15 is 0 Å². The maximum atomic E-state index is 11.6. The zero-order chi connectivity index (χ0) is 15.4. The van der Waals surface area contributed by atoms with Gasteiger partial charge in [-0.25, -0.2) is 9.88 Å². The van der Waals surface area contributed by atoms with E-state index in [4.69, 9.17) is 5.73 Å². The SMILES string of the molecule is CC(=O)N(C(C)=O)c1cc(-c2ccc(CN)cc2)ccn1. The summed E-state index contributed by atoms with van der Waals surface area (Å²) in [5.74, 6) is -0.383. The lowest BCUT2D eigenvalue weighted by Gasteiger charge is -2.16. The minimum atomic E-state index is -0.356. The number of amides is 2. The summed E-state index contributed by atoms with van der Waals surface area (Å²) in [5.41, 5.74) is 8.48. The molecule has 2 amide bonds. The van der Waals surface area contributed by atoms with Crippen LogP contribution in [0.15, 0.2) is 42.6 Å². The molecule has 108 valence electrons. The topological polar surface area (TPSA) is 76.3 Å². The molecule has 21 heavy (non-hydrogen) atoms. The number of hydrogen-bond donors (Lipinski definition) is 1. The van der Waals surface area contributed by atoms with Crippen molar-refractivity contribution in [2.75, 3.05) is 4.90 Å². The number of nitrogens with zero attached hydrogens (tertiary/aromatic N) is 2. The first kappa shape index (κ1) is 14.9. The molecule has 2 rings (SSSR count). The second kappa shape index (κ2) is 6.28. The fourth-order valence-corrected chi connectivity index (χ4v) is 2.10. The summed E-state index contributed by atoms with van der Waals surface area (Å²) in [4.78, 5) is 28.3. The van der Waals surface area contributed by atoms with Gasteiger partial charge >= 0.3 is 0 Å². The van der Waals surface area contributed by atoms with E-state index in [0.717, 1.165) is 21.6 Å². The molecule has 5 heteroatoms. The number of pyridine rings is 1. The van der Waals surface area contributed by atoms with Gasteiger partial charge in [0, 0.05) is 26.6 Å². The van der Waals surface area contributed by atoms with E-state index in [2.05, 4.69) is 4.98 Å². The Morgan fingerprint density at radius 1 is 1.05 bits per heavy atom. The fraction of sp³-hybridized carbons (Fsp3) is 0.188. The zero-order valence-electron chi connectivity index (χ0n) is 12.0. The normalized spacial score (nSPS) is 10.2. The average molecular weight is 283 g/mol. The van der Waals surface area contributed by atoms with E-state index in [1.54, 1.807) is 12.3 Å². The summed E-state index contributed by atoms with van der Waals surface area (Å²) in [7, 11) is 0. The summed E-state index contributed by atoms with van der Waals surface area (Å²) in [6, 6.07) is 11.4. The van der Waals surface area contributed by atoms with E-state index in [-0.39, 0.29) is 11.8 Å². The molecule has 1 aromatic carbocycles. The van der Waals surface area contributed by atoms with Gasteiger partial charge in [0.05, 0.1) is 0 Å². The summed E-state index contributed by atoms with van der Waals surface area (Å²) in [5, 5.41) is 0. The molecule has 0 saturated heterocycles. The summed E-state index contributed by atoms with van der Waals surface area (Å²) in [6.07, 6.45) is 1.58. The third kappa shape index (κ3) is 3.32. The van der Waals surface area contributed by atoms with Crippen molar-refractivity contribution in [2.45, 2.75) is 20.4 Å². The first-order valence-electron chi connectivity index (χ1n) is 6.59. The Morgan fingerprint density at radius 3 is 2.19 bits per heavy atom. The second-order valence-corrected chi connectivity index (χ2v) is 4.68. The van der Waals surface area contributed by atoms with Gasteiger partial charge in [0.1, 0.15) is 5.82 Å². The van der Waals surface area contributed by atoms with Crippen molar-refractivity contribution in [1.82, 2.24) is 4.98 Å². The highest BCUT2D eigenvalue weighted by Gasteiger charge is 2.17. The largest absolute Gasteiger partial charge is 0.326 e. The molecule has 0 fully saturated rings. The maximum absolute atomic E-state index is 11.6. The van der Waals surface area contributed by atoms with E-state index in [1.165, 1.54) is 13.8 Å². The lowest BCUT2D eigenvalue weighted by molar-refractivity contribution is -0.124. The van der Waals surface area contributed by atoms with Gasteiger partial charge in [-0.1, -0.05) is 24.3 Å². The first-order valence-corrected chi connectivity index (χ1v) is 6.59. The van der Waals surface area contributed by atoms with Crippen LogP contribution in [0.25, 0.3) is 11.1 Å². The molecule has 0 saturated carbocycles. The lowest BCUT2D eigenvalue weighted by Crippen LogP contribution is -2.33. The molecule has 1 heterocycles. The molecule has 0 aliphatic carbocycles.